The van der Waals surface area contributed by atoms with E-state index in [4.69, 9.17) is 4.42 Å². The summed E-state index contributed by atoms with van der Waals surface area (Å²) in [6.45, 7) is 0.241. The van der Waals surface area contributed by atoms with Crippen LogP contribution in [0.25, 0.3) is 11.0 Å². The number of benzene rings is 1. The minimum absolute atomic E-state index is 0.0376. The number of carbonyl (C=O) groups excluding carboxylic acids is 2. The summed E-state index contributed by atoms with van der Waals surface area (Å²) in [5, 5.41) is 13.4. The molecule has 148 valence electrons. The van der Waals surface area contributed by atoms with Gasteiger partial charge in [-0.2, -0.15) is 0 Å². The maximum absolute atomic E-state index is 13.4. The van der Waals surface area contributed by atoms with Crippen LogP contribution in [0, 0.1) is 0 Å². The van der Waals surface area contributed by atoms with Crippen molar-refractivity contribution in [2.45, 2.75) is 12.6 Å². The number of furan rings is 1. The van der Waals surface area contributed by atoms with Gasteiger partial charge in [0.2, 0.25) is 5.78 Å². The average molecular weight is 416 g/mol. The zero-order valence-corrected chi connectivity index (χ0v) is 16.5. The van der Waals surface area contributed by atoms with Crippen LogP contribution >= 0.6 is 11.3 Å². The third kappa shape index (κ3) is 3.00. The lowest BCUT2D eigenvalue weighted by Gasteiger charge is -2.25. The van der Waals surface area contributed by atoms with Crippen LogP contribution in [0.5, 0.6) is 0 Å². The highest BCUT2D eigenvalue weighted by molar-refractivity contribution is 7.10. The summed E-state index contributed by atoms with van der Waals surface area (Å²) in [7, 11) is 0. The lowest BCUT2D eigenvalue weighted by Crippen LogP contribution is -2.30. The Balaban J connectivity index is 1.58. The molecule has 6 nitrogen and oxygen atoms in total. The molecule has 0 radical (unpaired) electrons. The Bertz CT molecular complexity index is 1240. The third-order valence-corrected chi connectivity index (χ3v) is 6.04. The second kappa shape index (κ2) is 7.27. The topological polar surface area (TPSA) is 83.6 Å². The van der Waals surface area contributed by atoms with Crippen LogP contribution in [0.15, 0.2) is 88.1 Å². The van der Waals surface area contributed by atoms with Gasteiger partial charge in [0.05, 0.1) is 5.57 Å². The van der Waals surface area contributed by atoms with Gasteiger partial charge >= 0.3 is 0 Å². The van der Waals surface area contributed by atoms with E-state index < -0.39 is 23.5 Å². The van der Waals surface area contributed by atoms with Crippen molar-refractivity contribution in [3.63, 3.8) is 0 Å². The summed E-state index contributed by atoms with van der Waals surface area (Å²) in [6.07, 6.45) is 3.29. The normalized spacial score (nSPS) is 16.6. The zero-order valence-electron chi connectivity index (χ0n) is 15.7. The fourth-order valence-corrected chi connectivity index (χ4v) is 4.55. The number of thiophene rings is 1. The SMILES string of the molecule is O=C(C1=C(O)C(=O)N(Cc2ccncc2)C1c1cccs1)c1cc2ccccc2o1. The van der Waals surface area contributed by atoms with Gasteiger partial charge < -0.3 is 14.4 Å². The van der Waals surface area contributed by atoms with E-state index in [1.54, 1.807) is 36.7 Å². The molecule has 1 N–H and O–H groups in total. The molecule has 3 aromatic heterocycles. The highest BCUT2D eigenvalue weighted by atomic mass is 32.1. The first kappa shape index (κ1) is 18.3. The van der Waals surface area contributed by atoms with E-state index >= 15 is 0 Å². The summed E-state index contributed by atoms with van der Waals surface area (Å²) >= 11 is 1.43. The first-order chi connectivity index (χ1) is 14.6. The van der Waals surface area contributed by atoms with Crippen molar-refractivity contribution in [3.8, 4) is 0 Å². The lowest BCUT2D eigenvalue weighted by molar-refractivity contribution is -0.130. The standard InChI is InChI=1S/C23H16N2O4S/c26-21(17-12-15-4-1-2-5-16(15)29-17)19-20(18-6-3-11-30-18)25(23(28)22(19)27)13-14-7-9-24-10-8-14/h1-12,20,27H,13H2. The van der Waals surface area contributed by atoms with E-state index in [2.05, 4.69) is 4.98 Å². The molecule has 7 heteroatoms. The number of aliphatic hydroxyl groups excluding tert-OH is 1. The quantitative estimate of drug-likeness (QED) is 0.478. The molecule has 1 unspecified atom stereocenters. The third-order valence-electron chi connectivity index (χ3n) is 5.11. The van der Waals surface area contributed by atoms with Crippen molar-refractivity contribution in [1.82, 2.24) is 9.88 Å². The van der Waals surface area contributed by atoms with Gasteiger partial charge in [0, 0.05) is 29.2 Å². The Morgan fingerprint density at radius 1 is 1.13 bits per heavy atom. The van der Waals surface area contributed by atoms with E-state index in [1.165, 1.54) is 16.2 Å². The number of ketones is 1. The van der Waals surface area contributed by atoms with Gasteiger partial charge in [0.1, 0.15) is 11.6 Å². The van der Waals surface area contributed by atoms with Crippen LogP contribution < -0.4 is 0 Å². The fourth-order valence-electron chi connectivity index (χ4n) is 3.70. The molecule has 30 heavy (non-hydrogen) atoms. The van der Waals surface area contributed by atoms with E-state index in [-0.39, 0.29) is 17.9 Å². The largest absolute Gasteiger partial charge is 0.503 e. The van der Waals surface area contributed by atoms with Gasteiger partial charge in [-0.25, -0.2) is 0 Å². The van der Waals surface area contributed by atoms with Gasteiger partial charge in [-0.1, -0.05) is 24.3 Å². The number of nitrogens with zero attached hydrogens (tertiary/aromatic N) is 2. The molecule has 5 rings (SSSR count). The van der Waals surface area contributed by atoms with Crippen LogP contribution in [0.3, 0.4) is 0 Å². The van der Waals surface area contributed by atoms with Gasteiger partial charge in [-0.15, -0.1) is 11.3 Å². The molecular formula is C23H16N2O4S. The van der Waals surface area contributed by atoms with Crippen molar-refractivity contribution >= 4 is 34.0 Å². The molecule has 0 aliphatic carbocycles. The molecule has 0 bridgehead atoms. The number of Topliss-reactive ketones (excluding diaryl/α,β-unsaturated/α-hetero) is 1. The van der Waals surface area contributed by atoms with E-state index in [1.807, 2.05) is 35.7 Å². The Morgan fingerprint density at radius 3 is 2.67 bits per heavy atom. The molecular weight excluding hydrogens is 400 g/mol. The number of hydrogen-bond donors (Lipinski definition) is 1. The molecule has 0 spiro atoms. The van der Waals surface area contributed by atoms with Crippen molar-refractivity contribution in [2.75, 3.05) is 0 Å². The second-order valence-corrected chi connectivity index (χ2v) is 7.93. The van der Waals surface area contributed by atoms with Crippen LogP contribution in [0.1, 0.15) is 27.0 Å². The van der Waals surface area contributed by atoms with Gasteiger partial charge in [0.15, 0.2) is 11.5 Å². The molecule has 1 atom stereocenters. The van der Waals surface area contributed by atoms with Gasteiger partial charge in [-0.05, 0) is 41.3 Å². The van der Waals surface area contributed by atoms with E-state index in [9.17, 15) is 14.7 Å². The molecule has 4 heterocycles. The second-order valence-electron chi connectivity index (χ2n) is 6.95. The number of carbonyl (C=O) groups is 2. The summed E-state index contributed by atoms with van der Waals surface area (Å²) in [4.78, 5) is 32.6. The maximum Gasteiger partial charge on any atom is 0.290 e. The number of aromatic nitrogens is 1. The molecule has 1 aliphatic heterocycles. The maximum atomic E-state index is 13.4. The predicted molar refractivity (Wildman–Crippen MR) is 112 cm³/mol. The number of hydrogen-bond acceptors (Lipinski definition) is 6. The highest BCUT2D eigenvalue weighted by Gasteiger charge is 2.45. The molecule has 0 saturated heterocycles. The van der Waals surface area contributed by atoms with E-state index in [0.717, 1.165) is 15.8 Å². The average Bonchev–Trinajstić information content (AvgIpc) is 3.49. The lowest BCUT2D eigenvalue weighted by atomic mass is 10.00. The molecule has 0 saturated carbocycles. The summed E-state index contributed by atoms with van der Waals surface area (Å²) in [5.74, 6) is -1.51. The van der Waals surface area contributed by atoms with Crippen LogP contribution in [-0.4, -0.2) is 26.7 Å². The molecule has 0 fully saturated rings. The minimum Gasteiger partial charge on any atom is -0.503 e. The van der Waals surface area contributed by atoms with Crippen LogP contribution in [0.2, 0.25) is 0 Å². The molecule has 1 amide bonds. The first-order valence-electron chi connectivity index (χ1n) is 9.33. The fraction of sp³-hybridized carbons (Fsp3) is 0.0870. The number of para-hydroxylation sites is 1. The Labute approximate surface area is 175 Å². The minimum atomic E-state index is -0.689. The van der Waals surface area contributed by atoms with Gasteiger partial charge in [0.25, 0.3) is 5.91 Å². The predicted octanol–water partition coefficient (Wildman–Crippen LogP) is 4.67. The molecule has 1 aliphatic rings. The summed E-state index contributed by atoms with van der Waals surface area (Å²) < 4.78 is 5.72. The first-order valence-corrected chi connectivity index (χ1v) is 10.2. The Kier molecular flexibility index (Phi) is 4.44. The summed E-state index contributed by atoms with van der Waals surface area (Å²) in [6, 6.07) is 15.5. The van der Waals surface area contributed by atoms with Crippen LogP contribution in [-0.2, 0) is 11.3 Å². The van der Waals surface area contributed by atoms with Gasteiger partial charge in [-0.3, -0.25) is 14.6 Å². The highest BCUT2D eigenvalue weighted by Crippen LogP contribution is 2.42. The number of pyridine rings is 1. The number of rotatable bonds is 5. The Morgan fingerprint density at radius 2 is 1.93 bits per heavy atom. The van der Waals surface area contributed by atoms with Crippen molar-refractivity contribution < 1.29 is 19.1 Å². The summed E-state index contributed by atoms with van der Waals surface area (Å²) in [5.41, 5.74) is 1.47. The number of aliphatic hydroxyl groups is 1. The number of amides is 1. The Hall–Kier alpha value is -3.71. The van der Waals surface area contributed by atoms with E-state index in [0.29, 0.717) is 5.58 Å². The number of fused-ring (bicyclic) bond motifs is 1. The van der Waals surface area contributed by atoms with Crippen molar-refractivity contribution in [3.05, 3.63) is 99.9 Å². The van der Waals surface area contributed by atoms with Crippen molar-refractivity contribution in [2.24, 2.45) is 0 Å². The smallest absolute Gasteiger partial charge is 0.290 e. The zero-order chi connectivity index (χ0) is 20.7. The monoisotopic (exact) mass is 416 g/mol. The molecule has 1 aromatic carbocycles. The van der Waals surface area contributed by atoms with Crippen molar-refractivity contribution in [1.29, 1.82) is 0 Å². The molecule has 4 aromatic rings. The van der Waals surface area contributed by atoms with Crippen LogP contribution in [0.4, 0.5) is 0 Å².